The summed E-state index contributed by atoms with van der Waals surface area (Å²) in [5.74, 6) is 0. The summed E-state index contributed by atoms with van der Waals surface area (Å²) in [5.41, 5.74) is -0.229. The van der Waals surface area contributed by atoms with Crippen LogP contribution in [0.3, 0.4) is 0 Å². The largest absolute Gasteiger partial charge is 1.00 e. The fourth-order valence-corrected chi connectivity index (χ4v) is 2.31. The van der Waals surface area contributed by atoms with E-state index in [-0.39, 0.29) is 46.0 Å². The van der Waals surface area contributed by atoms with E-state index in [1.165, 1.54) is 24.3 Å². The number of nitro groups is 1. The van der Waals surface area contributed by atoms with Crippen molar-refractivity contribution in [3.05, 3.63) is 46.5 Å². The van der Waals surface area contributed by atoms with E-state index < -0.39 is 19.9 Å². The van der Waals surface area contributed by atoms with Gasteiger partial charge in [-0.3, -0.25) is 10.1 Å². The fourth-order valence-electron chi connectivity index (χ4n) is 1.63. The summed E-state index contributed by atoms with van der Waals surface area (Å²) < 4.78 is 33.0. The van der Waals surface area contributed by atoms with E-state index >= 15 is 0 Å². The molecule has 0 aliphatic carbocycles. The monoisotopic (exact) mass is 275 g/mol. The molecule has 18 heavy (non-hydrogen) atoms. The summed E-state index contributed by atoms with van der Waals surface area (Å²) in [5, 5.41) is 11.0. The molecular weight excluding hydrogens is 269 g/mol. The molecule has 0 aliphatic heterocycles. The molecule has 0 saturated heterocycles. The molecule has 0 saturated carbocycles. The summed E-state index contributed by atoms with van der Waals surface area (Å²) in [7, 11) is -4.64. The second-order valence-electron chi connectivity index (χ2n) is 3.34. The van der Waals surface area contributed by atoms with Crippen LogP contribution in [0.1, 0.15) is 0 Å². The Labute approximate surface area is 125 Å². The zero-order valence-electron chi connectivity index (χ0n) is 9.36. The molecule has 0 fully saturated rings. The molecule has 8 heteroatoms. The first kappa shape index (κ1) is 15.1. The van der Waals surface area contributed by atoms with Gasteiger partial charge in [0.2, 0.25) is 0 Å². The van der Waals surface area contributed by atoms with Crippen LogP contribution in [0.5, 0.6) is 0 Å². The minimum atomic E-state index is -4.64. The van der Waals surface area contributed by atoms with E-state index in [2.05, 4.69) is 0 Å². The third kappa shape index (κ3) is 2.70. The van der Waals surface area contributed by atoms with Gasteiger partial charge in [0.1, 0.15) is 10.1 Å². The van der Waals surface area contributed by atoms with Gasteiger partial charge in [-0.1, -0.05) is 18.2 Å². The first-order valence-corrected chi connectivity index (χ1v) is 5.94. The van der Waals surface area contributed by atoms with Crippen LogP contribution in [0.15, 0.2) is 41.3 Å². The zero-order chi connectivity index (χ0) is 12.6. The van der Waals surface area contributed by atoms with Crippen LogP contribution in [0, 0.1) is 10.1 Å². The van der Waals surface area contributed by atoms with Crippen molar-refractivity contribution in [3.8, 4) is 0 Å². The number of hydrogen-bond donors (Lipinski definition) is 0. The van der Waals surface area contributed by atoms with E-state index in [9.17, 15) is 23.1 Å². The summed E-state index contributed by atoms with van der Waals surface area (Å²) in [6.07, 6.45) is 0. The van der Waals surface area contributed by atoms with Crippen LogP contribution >= 0.6 is 0 Å². The topological polar surface area (TPSA) is 100 Å². The van der Waals surface area contributed by atoms with Crippen molar-refractivity contribution < 1.29 is 47.5 Å². The Morgan fingerprint density at radius 3 is 2.06 bits per heavy atom. The van der Waals surface area contributed by atoms with Crippen molar-refractivity contribution in [2.24, 2.45) is 0 Å². The van der Waals surface area contributed by atoms with Crippen LogP contribution < -0.4 is 29.6 Å². The number of hydrogen-bond acceptors (Lipinski definition) is 5. The minimum absolute atomic E-state index is 0. The summed E-state index contributed by atoms with van der Waals surface area (Å²) in [6, 6.07) is 7.81. The van der Waals surface area contributed by atoms with Crippen LogP contribution in [0.25, 0.3) is 10.8 Å². The summed E-state index contributed by atoms with van der Waals surface area (Å²) in [6.45, 7) is 0. The number of nitrogens with zero attached hydrogens (tertiary/aromatic N) is 1. The van der Waals surface area contributed by atoms with E-state index in [0.717, 1.165) is 12.1 Å². The van der Waals surface area contributed by atoms with Crippen LogP contribution in [-0.2, 0) is 10.1 Å². The van der Waals surface area contributed by atoms with Gasteiger partial charge in [-0.05, 0) is 12.1 Å². The van der Waals surface area contributed by atoms with Crippen LogP contribution in [-0.4, -0.2) is 17.9 Å². The third-order valence-corrected chi connectivity index (χ3v) is 3.22. The molecule has 0 amide bonds. The Hall–Kier alpha value is -0.990. The van der Waals surface area contributed by atoms with Crippen molar-refractivity contribution in [3.63, 3.8) is 0 Å². The molecule has 0 aliphatic rings. The predicted molar refractivity (Wildman–Crippen MR) is 58.6 cm³/mol. The van der Waals surface area contributed by atoms with Crippen molar-refractivity contribution in [2.45, 2.75) is 4.90 Å². The summed E-state index contributed by atoms with van der Waals surface area (Å²) >= 11 is 0. The van der Waals surface area contributed by atoms with Crippen molar-refractivity contribution in [1.29, 1.82) is 0 Å². The van der Waals surface area contributed by atoms with Gasteiger partial charge in [-0.15, -0.1) is 0 Å². The number of non-ortho nitro benzene ring substituents is 1. The quantitative estimate of drug-likeness (QED) is 0.292. The molecule has 0 spiro atoms. The number of fused-ring (bicyclic) bond motifs is 1. The minimum Gasteiger partial charge on any atom is -0.744 e. The van der Waals surface area contributed by atoms with Gasteiger partial charge in [0, 0.05) is 11.5 Å². The van der Waals surface area contributed by atoms with Gasteiger partial charge in [-0.25, -0.2) is 8.42 Å². The van der Waals surface area contributed by atoms with Gasteiger partial charge < -0.3 is 4.55 Å². The molecular formula is C10H6NNaO5S. The molecule has 2 aromatic rings. The maximum atomic E-state index is 11.0. The van der Waals surface area contributed by atoms with Gasteiger partial charge in [0.25, 0.3) is 5.69 Å². The average Bonchev–Trinajstić information content (AvgIpc) is 2.26. The Morgan fingerprint density at radius 1 is 1.00 bits per heavy atom. The maximum Gasteiger partial charge on any atom is 1.00 e. The van der Waals surface area contributed by atoms with Gasteiger partial charge in [-0.2, -0.15) is 0 Å². The predicted octanol–water partition coefficient (Wildman–Crippen LogP) is -1.34. The van der Waals surface area contributed by atoms with Crippen molar-refractivity contribution in [2.75, 3.05) is 0 Å². The molecule has 0 bridgehead atoms. The zero-order valence-corrected chi connectivity index (χ0v) is 12.2. The van der Waals surface area contributed by atoms with Crippen LogP contribution in [0.2, 0.25) is 0 Å². The fraction of sp³-hybridized carbons (Fsp3) is 0. The molecule has 0 unspecified atom stereocenters. The standard InChI is InChI=1S/C10H7NO5S.Na/c12-11(13)9-5-6-10(17(14,15)16)8-4-2-1-3-7(8)9;/h1-6H,(H,14,15,16);/q;+1/p-1. The van der Waals surface area contributed by atoms with Crippen molar-refractivity contribution in [1.82, 2.24) is 0 Å². The number of rotatable bonds is 2. The normalized spacial score (nSPS) is 10.9. The first-order chi connectivity index (χ1) is 7.91. The molecule has 2 rings (SSSR count). The second kappa shape index (κ2) is 5.33. The van der Waals surface area contributed by atoms with E-state index in [0.29, 0.717) is 0 Å². The average molecular weight is 275 g/mol. The number of benzene rings is 2. The van der Waals surface area contributed by atoms with Gasteiger partial charge in [0.15, 0.2) is 0 Å². The SMILES string of the molecule is O=[N+]([O-])c1ccc(S(=O)(=O)[O-])c2ccccc12.[Na+]. The summed E-state index contributed by atoms with van der Waals surface area (Å²) in [4.78, 5) is 9.69. The number of nitro benzene ring substituents is 1. The first-order valence-electron chi connectivity index (χ1n) is 4.53. The Kier molecular flexibility index (Phi) is 4.46. The molecule has 2 aromatic carbocycles. The van der Waals surface area contributed by atoms with E-state index in [1.807, 2.05) is 0 Å². The van der Waals surface area contributed by atoms with Crippen molar-refractivity contribution >= 4 is 26.6 Å². The molecule has 0 atom stereocenters. The van der Waals surface area contributed by atoms with Gasteiger partial charge in [0.05, 0.1) is 15.2 Å². The molecule has 88 valence electrons. The molecule has 0 radical (unpaired) electrons. The molecule has 6 nitrogen and oxygen atoms in total. The Balaban J connectivity index is 0.00000162. The maximum absolute atomic E-state index is 11.0. The van der Waals surface area contributed by atoms with E-state index in [1.54, 1.807) is 0 Å². The van der Waals surface area contributed by atoms with Gasteiger partial charge >= 0.3 is 29.6 Å². The molecule has 0 heterocycles. The smallest absolute Gasteiger partial charge is 0.744 e. The molecule has 0 aromatic heterocycles. The van der Waals surface area contributed by atoms with Crippen LogP contribution in [0.4, 0.5) is 5.69 Å². The molecule has 0 N–H and O–H groups in total. The Bertz CT molecular complexity index is 713. The second-order valence-corrected chi connectivity index (χ2v) is 4.69. The third-order valence-electron chi connectivity index (χ3n) is 2.33. The van der Waals surface area contributed by atoms with E-state index in [4.69, 9.17) is 0 Å². The Morgan fingerprint density at radius 2 is 1.56 bits per heavy atom.